The number of thiophene rings is 1. The number of hydrogen-bond donors (Lipinski definition) is 1. The van der Waals surface area contributed by atoms with Crippen LogP contribution in [0.4, 0.5) is 11.8 Å². The highest BCUT2D eigenvalue weighted by Gasteiger charge is 2.31. The fourth-order valence-electron chi connectivity index (χ4n) is 2.85. The Kier molecular flexibility index (Phi) is 3.25. The SMILES string of the molecule is CNc1nc(N(CC2CC2)CC2CC2)c2cc(C)sc2n1. The molecule has 112 valence electrons. The van der Waals surface area contributed by atoms with Gasteiger partial charge in [0.2, 0.25) is 5.95 Å². The molecule has 1 N–H and O–H groups in total. The van der Waals surface area contributed by atoms with E-state index < -0.39 is 0 Å². The molecule has 2 aliphatic rings. The predicted octanol–water partition coefficient (Wildman–Crippen LogP) is 3.67. The molecule has 0 spiro atoms. The lowest BCUT2D eigenvalue weighted by molar-refractivity contribution is 0.674. The van der Waals surface area contributed by atoms with Crippen LogP contribution in [0.15, 0.2) is 6.07 Å². The fraction of sp³-hybridized carbons (Fsp3) is 0.625. The largest absolute Gasteiger partial charge is 0.357 e. The number of nitrogens with one attached hydrogen (secondary N) is 1. The third-order valence-corrected chi connectivity index (χ3v) is 5.31. The van der Waals surface area contributed by atoms with Crippen molar-refractivity contribution in [2.75, 3.05) is 30.4 Å². The van der Waals surface area contributed by atoms with Gasteiger partial charge in [-0.2, -0.15) is 4.98 Å². The van der Waals surface area contributed by atoms with Crippen molar-refractivity contribution in [3.8, 4) is 0 Å². The molecule has 0 saturated heterocycles. The third kappa shape index (κ3) is 2.84. The first kappa shape index (κ1) is 13.3. The Morgan fingerprint density at radius 2 is 1.86 bits per heavy atom. The van der Waals surface area contributed by atoms with Crippen molar-refractivity contribution < 1.29 is 0 Å². The summed E-state index contributed by atoms with van der Waals surface area (Å²) in [6, 6.07) is 2.25. The molecule has 0 amide bonds. The van der Waals surface area contributed by atoms with Crippen molar-refractivity contribution in [3.63, 3.8) is 0 Å². The zero-order valence-corrected chi connectivity index (χ0v) is 13.5. The molecule has 0 unspecified atom stereocenters. The van der Waals surface area contributed by atoms with E-state index in [4.69, 9.17) is 4.98 Å². The minimum atomic E-state index is 0.746. The summed E-state index contributed by atoms with van der Waals surface area (Å²) in [6.07, 6.45) is 5.54. The average Bonchev–Trinajstić information content (AvgIpc) is 3.37. The Balaban J connectivity index is 1.76. The van der Waals surface area contributed by atoms with E-state index >= 15 is 0 Å². The van der Waals surface area contributed by atoms with Crippen LogP contribution in [0, 0.1) is 18.8 Å². The normalized spacial score (nSPS) is 18.2. The summed E-state index contributed by atoms with van der Waals surface area (Å²) in [5.74, 6) is 3.65. The molecule has 0 radical (unpaired) electrons. The van der Waals surface area contributed by atoms with Crippen LogP contribution in [0.3, 0.4) is 0 Å². The highest BCUT2D eigenvalue weighted by molar-refractivity contribution is 7.18. The quantitative estimate of drug-likeness (QED) is 0.884. The molecule has 0 atom stereocenters. The zero-order chi connectivity index (χ0) is 14.4. The number of aryl methyl sites for hydroxylation is 1. The molecular weight excluding hydrogens is 280 g/mol. The van der Waals surface area contributed by atoms with Crippen LogP contribution in [-0.4, -0.2) is 30.1 Å². The molecular formula is C16H22N4S. The molecule has 21 heavy (non-hydrogen) atoms. The first-order valence-electron chi connectivity index (χ1n) is 7.94. The van der Waals surface area contributed by atoms with E-state index in [9.17, 15) is 0 Å². The Bertz CT molecular complexity index is 644. The van der Waals surface area contributed by atoms with Crippen LogP contribution >= 0.6 is 11.3 Å². The third-order valence-electron chi connectivity index (χ3n) is 4.37. The highest BCUT2D eigenvalue weighted by Crippen LogP contribution is 2.38. The van der Waals surface area contributed by atoms with Crippen molar-refractivity contribution >= 4 is 33.3 Å². The van der Waals surface area contributed by atoms with Crippen molar-refractivity contribution in [2.45, 2.75) is 32.6 Å². The Morgan fingerprint density at radius 3 is 2.43 bits per heavy atom. The second-order valence-corrected chi connectivity index (χ2v) is 7.72. The van der Waals surface area contributed by atoms with Gasteiger partial charge in [-0.1, -0.05) is 0 Å². The van der Waals surface area contributed by atoms with Crippen molar-refractivity contribution in [1.82, 2.24) is 9.97 Å². The summed E-state index contributed by atoms with van der Waals surface area (Å²) < 4.78 is 0. The summed E-state index contributed by atoms with van der Waals surface area (Å²) in [4.78, 5) is 14.4. The fourth-order valence-corrected chi connectivity index (χ4v) is 3.73. The molecule has 0 aliphatic heterocycles. The number of aromatic nitrogens is 2. The Labute approximate surface area is 129 Å². The molecule has 2 saturated carbocycles. The minimum Gasteiger partial charge on any atom is -0.357 e. The lowest BCUT2D eigenvalue weighted by Crippen LogP contribution is -2.29. The molecule has 2 heterocycles. The molecule has 2 aromatic rings. The number of rotatable bonds is 6. The number of anilines is 2. The number of nitrogens with zero attached hydrogens (tertiary/aromatic N) is 3. The predicted molar refractivity (Wildman–Crippen MR) is 89.4 cm³/mol. The molecule has 5 heteroatoms. The maximum Gasteiger partial charge on any atom is 0.225 e. The standard InChI is InChI=1S/C16H22N4S/c1-10-7-13-14(18-16(17-2)19-15(13)21-10)20(8-11-3-4-11)9-12-5-6-12/h7,11-12H,3-6,8-9H2,1-2H3,(H,17,18,19). The molecule has 4 nitrogen and oxygen atoms in total. The molecule has 2 aliphatic carbocycles. The summed E-state index contributed by atoms with van der Waals surface area (Å²) in [5, 5.41) is 4.35. The molecule has 2 aromatic heterocycles. The van der Waals surface area contributed by atoms with E-state index in [-0.39, 0.29) is 0 Å². The van der Waals surface area contributed by atoms with Gasteiger partial charge in [-0.05, 0) is 50.5 Å². The van der Waals surface area contributed by atoms with Gasteiger partial charge in [0.05, 0.1) is 5.39 Å². The van der Waals surface area contributed by atoms with Gasteiger partial charge in [-0.3, -0.25) is 0 Å². The van der Waals surface area contributed by atoms with E-state index in [0.29, 0.717) is 0 Å². The van der Waals surface area contributed by atoms with E-state index in [1.54, 1.807) is 11.3 Å². The van der Waals surface area contributed by atoms with Crippen molar-refractivity contribution in [1.29, 1.82) is 0 Å². The number of hydrogen-bond acceptors (Lipinski definition) is 5. The molecule has 0 aromatic carbocycles. The van der Waals surface area contributed by atoms with Gasteiger partial charge < -0.3 is 10.2 Å². The van der Waals surface area contributed by atoms with Crippen LogP contribution in [0.25, 0.3) is 10.2 Å². The lowest BCUT2D eigenvalue weighted by Gasteiger charge is -2.24. The smallest absolute Gasteiger partial charge is 0.225 e. The zero-order valence-electron chi connectivity index (χ0n) is 12.7. The second kappa shape index (κ2) is 5.13. The van der Waals surface area contributed by atoms with Gasteiger partial charge in [-0.25, -0.2) is 4.98 Å². The van der Waals surface area contributed by atoms with Gasteiger partial charge in [-0.15, -0.1) is 11.3 Å². The molecule has 4 rings (SSSR count). The van der Waals surface area contributed by atoms with Gasteiger partial charge in [0.25, 0.3) is 0 Å². The summed E-state index contributed by atoms with van der Waals surface area (Å²) >= 11 is 1.76. The summed E-state index contributed by atoms with van der Waals surface area (Å²) in [7, 11) is 1.90. The first-order valence-corrected chi connectivity index (χ1v) is 8.75. The van der Waals surface area contributed by atoms with E-state index in [0.717, 1.165) is 28.4 Å². The van der Waals surface area contributed by atoms with Crippen molar-refractivity contribution in [2.24, 2.45) is 11.8 Å². The van der Waals surface area contributed by atoms with E-state index in [2.05, 4.69) is 28.2 Å². The topological polar surface area (TPSA) is 41.1 Å². The second-order valence-electron chi connectivity index (χ2n) is 6.49. The monoisotopic (exact) mass is 302 g/mol. The van der Waals surface area contributed by atoms with Gasteiger partial charge >= 0.3 is 0 Å². The highest BCUT2D eigenvalue weighted by atomic mass is 32.1. The first-order chi connectivity index (χ1) is 10.2. The summed E-state index contributed by atoms with van der Waals surface area (Å²) in [5.41, 5.74) is 0. The Morgan fingerprint density at radius 1 is 1.19 bits per heavy atom. The maximum absolute atomic E-state index is 4.81. The van der Waals surface area contributed by atoms with Crippen LogP contribution in [0.5, 0.6) is 0 Å². The van der Waals surface area contributed by atoms with Crippen LogP contribution in [0.1, 0.15) is 30.6 Å². The van der Waals surface area contributed by atoms with Gasteiger partial charge in [0, 0.05) is 25.0 Å². The average molecular weight is 302 g/mol. The van der Waals surface area contributed by atoms with Crippen LogP contribution < -0.4 is 10.2 Å². The van der Waals surface area contributed by atoms with Crippen LogP contribution in [0.2, 0.25) is 0 Å². The van der Waals surface area contributed by atoms with Crippen molar-refractivity contribution in [3.05, 3.63) is 10.9 Å². The molecule has 0 bridgehead atoms. The van der Waals surface area contributed by atoms with E-state index in [1.807, 2.05) is 7.05 Å². The molecule has 2 fully saturated rings. The lowest BCUT2D eigenvalue weighted by atomic mass is 10.2. The number of fused-ring (bicyclic) bond motifs is 1. The van der Waals surface area contributed by atoms with E-state index in [1.165, 1.54) is 49.0 Å². The van der Waals surface area contributed by atoms with Gasteiger partial charge in [0.1, 0.15) is 10.6 Å². The maximum atomic E-state index is 4.81. The van der Waals surface area contributed by atoms with Gasteiger partial charge in [0.15, 0.2) is 0 Å². The Hall–Kier alpha value is -1.36. The van der Waals surface area contributed by atoms with Crippen LogP contribution in [-0.2, 0) is 0 Å². The summed E-state index contributed by atoms with van der Waals surface area (Å²) in [6.45, 7) is 4.49. The minimum absolute atomic E-state index is 0.746.